The molecule has 1 aromatic carbocycles. The Labute approximate surface area is 98.0 Å². The maximum absolute atomic E-state index is 11.0. The second-order valence-electron chi connectivity index (χ2n) is 3.56. The molecule has 0 aliphatic rings. The zero-order valence-corrected chi connectivity index (χ0v) is 9.54. The number of nitro groups is 1. The Balaban J connectivity index is 3.11. The van der Waals surface area contributed by atoms with Gasteiger partial charge in [0.15, 0.2) is 0 Å². The highest BCUT2D eigenvalue weighted by atomic mass is 16.6. The van der Waals surface area contributed by atoms with E-state index in [0.29, 0.717) is 5.56 Å². The fourth-order valence-electron chi connectivity index (χ4n) is 1.60. The monoisotopic (exact) mass is 239 g/mol. The molecule has 6 heteroatoms. The smallest absolute Gasteiger partial charge is 0.308 e. The molecule has 1 N–H and O–H groups in total. The van der Waals surface area contributed by atoms with Gasteiger partial charge in [-0.25, -0.2) is 0 Å². The molecule has 0 unspecified atom stereocenters. The Morgan fingerprint density at radius 2 is 2.24 bits per heavy atom. The molecule has 1 rings (SSSR count). The van der Waals surface area contributed by atoms with Crippen molar-refractivity contribution in [2.45, 2.75) is 19.4 Å². The molecular formula is C11H13NO5. The van der Waals surface area contributed by atoms with Gasteiger partial charge in [0, 0.05) is 6.07 Å². The normalized spacial score (nSPS) is 11.9. The largest absolute Gasteiger partial charge is 0.469 e. The highest BCUT2D eigenvalue weighted by molar-refractivity contribution is 5.70. The molecule has 0 bridgehead atoms. The van der Waals surface area contributed by atoms with Gasteiger partial charge in [-0.3, -0.25) is 14.9 Å². The van der Waals surface area contributed by atoms with Crippen LogP contribution in [-0.2, 0) is 9.53 Å². The average Bonchev–Trinajstić information content (AvgIpc) is 2.28. The molecule has 0 radical (unpaired) electrons. The van der Waals surface area contributed by atoms with Gasteiger partial charge < -0.3 is 9.84 Å². The highest BCUT2D eigenvalue weighted by Gasteiger charge is 2.24. The maximum Gasteiger partial charge on any atom is 0.308 e. The molecule has 92 valence electrons. The van der Waals surface area contributed by atoms with Crippen molar-refractivity contribution >= 4 is 11.7 Å². The molecule has 0 saturated heterocycles. The van der Waals surface area contributed by atoms with Crippen LogP contribution in [0, 0.1) is 17.0 Å². The molecule has 1 aromatic rings. The van der Waals surface area contributed by atoms with Crippen molar-refractivity contribution in [3.05, 3.63) is 39.4 Å². The summed E-state index contributed by atoms with van der Waals surface area (Å²) in [5.74, 6) is -0.616. The summed E-state index contributed by atoms with van der Waals surface area (Å²) < 4.78 is 4.41. The second-order valence-corrected chi connectivity index (χ2v) is 3.56. The van der Waals surface area contributed by atoms with Gasteiger partial charge in [0.1, 0.15) is 0 Å². The van der Waals surface area contributed by atoms with Gasteiger partial charge in [0.05, 0.1) is 30.1 Å². The highest BCUT2D eigenvalue weighted by Crippen LogP contribution is 2.30. The zero-order chi connectivity index (χ0) is 13.0. The van der Waals surface area contributed by atoms with Crippen molar-refractivity contribution in [3.63, 3.8) is 0 Å². The number of benzene rings is 1. The number of rotatable bonds is 4. The summed E-state index contributed by atoms with van der Waals surface area (Å²) >= 11 is 0. The number of carbonyl (C=O) groups excluding carboxylic acids is 1. The first-order chi connectivity index (χ1) is 7.97. The van der Waals surface area contributed by atoms with Gasteiger partial charge in [-0.2, -0.15) is 0 Å². The molecule has 0 heterocycles. The van der Waals surface area contributed by atoms with E-state index in [2.05, 4.69) is 4.74 Å². The molecule has 0 aliphatic carbocycles. The predicted octanol–water partition coefficient (Wildman–Crippen LogP) is 1.50. The number of esters is 1. The van der Waals surface area contributed by atoms with Crippen molar-refractivity contribution < 1.29 is 19.6 Å². The van der Waals surface area contributed by atoms with Crippen LogP contribution < -0.4 is 0 Å². The molecule has 0 amide bonds. The number of carbonyl (C=O) groups is 1. The lowest BCUT2D eigenvalue weighted by Crippen LogP contribution is -2.11. The minimum atomic E-state index is -1.23. The van der Waals surface area contributed by atoms with Crippen molar-refractivity contribution in [2.24, 2.45) is 0 Å². The number of hydrogen-bond acceptors (Lipinski definition) is 5. The van der Waals surface area contributed by atoms with E-state index >= 15 is 0 Å². The number of hydrogen-bond donors (Lipinski definition) is 1. The van der Waals surface area contributed by atoms with Gasteiger partial charge in [0.2, 0.25) is 0 Å². The van der Waals surface area contributed by atoms with E-state index in [0.717, 1.165) is 0 Å². The summed E-state index contributed by atoms with van der Waals surface area (Å²) in [5, 5.41) is 20.6. The van der Waals surface area contributed by atoms with Crippen LogP contribution in [0.4, 0.5) is 5.69 Å². The SMILES string of the molecule is COC(=O)C[C@@H](O)c1c(C)cccc1[N+](=O)[O-]. The summed E-state index contributed by atoms with van der Waals surface area (Å²) in [6, 6.07) is 4.47. The van der Waals surface area contributed by atoms with Gasteiger partial charge in [-0.15, -0.1) is 0 Å². The van der Waals surface area contributed by atoms with Crippen molar-refractivity contribution in [1.82, 2.24) is 0 Å². The molecule has 0 spiro atoms. The Morgan fingerprint density at radius 1 is 1.59 bits per heavy atom. The van der Waals surface area contributed by atoms with Crippen LogP contribution in [0.15, 0.2) is 18.2 Å². The van der Waals surface area contributed by atoms with E-state index in [1.807, 2.05) is 0 Å². The van der Waals surface area contributed by atoms with Gasteiger partial charge in [-0.1, -0.05) is 12.1 Å². The molecule has 6 nitrogen and oxygen atoms in total. The first kappa shape index (κ1) is 13.1. The van der Waals surface area contributed by atoms with Gasteiger partial charge in [0.25, 0.3) is 5.69 Å². The van der Waals surface area contributed by atoms with E-state index in [1.165, 1.54) is 19.2 Å². The van der Waals surface area contributed by atoms with Gasteiger partial charge >= 0.3 is 5.97 Å². The summed E-state index contributed by atoms with van der Waals surface area (Å²) in [6.45, 7) is 1.64. The fourth-order valence-corrected chi connectivity index (χ4v) is 1.60. The Kier molecular flexibility index (Phi) is 4.17. The van der Waals surface area contributed by atoms with Crippen LogP contribution in [0.1, 0.15) is 23.7 Å². The van der Waals surface area contributed by atoms with E-state index in [9.17, 15) is 20.0 Å². The second kappa shape index (κ2) is 5.40. The lowest BCUT2D eigenvalue weighted by Gasteiger charge is -2.12. The van der Waals surface area contributed by atoms with E-state index in [4.69, 9.17) is 0 Å². The number of ether oxygens (including phenoxy) is 1. The third kappa shape index (κ3) is 3.01. The topological polar surface area (TPSA) is 89.7 Å². The predicted molar refractivity (Wildman–Crippen MR) is 59.4 cm³/mol. The summed E-state index contributed by atoms with van der Waals surface area (Å²) in [4.78, 5) is 21.3. The molecule has 0 saturated carbocycles. The first-order valence-corrected chi connectivity index (χ1v) is 4.96. The maximum atomic E-state index is 11.0. The standard InChI is InChI=1S/C11H13NO5/c1-7-4-3-5-8(12(15)16)11(7)9(13)6-10(14)17-2/h3-5,9,13H,6H2,1-2H3/t9-/m1/s1. The number of nitrogens with zero attached hydrogens (tertiary/aromatic N) is 1. The lowest BCUT2D eigenvalue weighted by atomic mass is 9.99. The first-order valence-electron chi connectivity index (χ1n) is 4.96. The van der Waals surface area contributed by atoms with Crippen molar-refractivity contribution in [3.8, 4) is 0 Å². The van der Waals surface area contributed by atoms with Crippen LogP contribution in [0.5, 0.6) is 0 Å². The zero-order valence-electron chi connectivity index (χ0n) is 9.54. The van der Waals surface area contributed by atoms with E-state index < -0.39 is 17.0 Å². The minimum Gasteiger partial charge on any atom is -0.469 e. The number of nitro benzene ring substituents is 1. The van der Waals surface area contributed by atoms with Crippen LogP contribution in [0.2, 0.25) is 0 Å². The molecule has 0 fully saturated rings. The van der Waals surface area contributed by atoms with E-state index in [1.54, 1.807) is 13.0 Å². The Morgan fingerprint density at radius 3 is 2.76 bits per heavy atom. The summed E-state index contributed by atoms with van der Waals surface area (Å²) in [7, 11) is 1.20. The van der Waals surface area contributed by atoms with Crippen LogP contribution in [0.25, 0.3) is 0 Å². The van der Waals surface area contributed by atoms with E-state index in [-0.39, 0.29) is 17.7 Å². The number of methoxy groups -OCH3 is 1. The molecule has 0 aliphatic heterocycles. The molecule has 1 atom stereocenters. The Bertz CT molecular complexity index is 443. The quantitative estimate of drug-likeness (QED) is 0.488. The minimum absolute atomic E-state index is 0.155. The number of aliphatic hydroxyl groups excluding tert-OH is 1. The summed E-state index contributed by atoms with van der Waals surface area (Å²) in [6.07, 6.45) is -1.54. The van der Waals surface area contributed by atoms with Crippen LogP contribution >= 0.6 is 0 Å². The van der Waals surface area contributed by atoms with Crippen molar-refractivity contribution in [1.29, 1.82) is 0 Å². The third-order valence-electron chi connectivity index (χ3n) is 2.42. The lowest BCUT2D eigenvalue weighted by molar-refractivity contribution is -0.386. The number of aryl methyl sites for hydroxylation is 1. The average molecular weight is 239 g/mol. The third-order valence-corrected chi connectivity index (χ3v) is 2.42. The number of aliphatic hydroxyl groups is 1. The van der Waals surface area contributed by atoms with Crippen molar-refractivity contribution in [2.75, 3.05) is 7.11 Å². The van der Waals surface area contributed by atoms with Gasteiger partial charge in [-0.05, 0) is 12.5 Å². The summed E-state index contributed by atoms with van der Waals surface area (Å²) in [5.41, 5.74) is 0.528. The molecular weight excluding hydrogens is 226 g/mol. The van der Waals surface area contributed by atoms with Crippen LogP contribution in [0.3, 0.4) is 0 Å². The molecule has 17 heavy (non-hydrogen) atoms. The Hall–Kier alpha value is -1.95. The molecule has 0 aromatic heterocycles. The van der Waals surface area contributed by atoms with Crippen LogP contribution in [-0.4, -0.2) is 23.1 Å². The fraction of sp³-hybridized carbons (Fsp3) is 0.364.